The fourth-order valence-corrected chi connectivity index (χ4v) is 2.10. The molecule has 1 atom stereocenters. The number of ether oxygens (including phenoxy) is 1. The third-order valence-corrected chi connectivity index (χ3v) is 3.17. The molecule has 2 nitrogen and oxygen atoms in total. The van der Waals surface area contributed by atoms with Crippen LogP contribution in [0.3, 0.4) is 0 Å². The van der Waals surface area contributed by atoms with Crippen LogP contribution in [0.1, 0.15) is 17.2 Å². The molecule has 0 aromatic heterocycles. The second-order valence-electron chi connectivity index (χ2n) is 4.30. The summed E-state index contributed by atoms with van der Waals surface area (Å²) < 4.78 is 5.32. The lowest BCUT2D eigenvalue weighted by Crippen LogP contribution is -2.16. The lowest BCUT2D eigenvalue weighted by atomic mass is 10.00. The molecule has 98 valence electrons. The topological polar surface area (TPSA) is 26.3 Å². The first-order valence-corrected chi connectivity index (χ1v) is 6.43. The Balaban J connectivity index is 2.11. The van der Waals surface area contributed by atoms with Crippen molar-refractivity contribution in [3.63, 3.8) is 0 Å². The molecule has 2 aromatic carbocycles. The van der Waals surface area contributed by atoms with Crippen LogP contribution < -0.4 is 0 Å². The molecule has 2 aromatic rings. The standard InChI is InChI=1S/C16H15ClO2/c1-19-16(13-5-3-2-4-6-13)15(18)11-12-7-9-14(17)10-8-12/h2-10,16H,11H2,1H3. The van der Waals surface area contributed by atoms with E-state index < -0.39 is 6.10 Å². The number of ketones is 1. The summed E-state index contributed by atoms with van der Waals surface area (Å²) in [4.78, 5) is 12.3. The predicted molar refractivity (Wildman–Crippen MR) is 76.4 cm³/mol. The highest BCUT2D eigenvalue weighted by molar-refractivity contribution is 6.30. The van der Waals surface area contributed by atoms with E-state index in [2.05, 4.69) is 0 Å². The quantitative estimate of drug-likeness (QED) is 0.828. The molecule has 1 unspecified atom stereocenters. The maximum absolute atomic E-state index is 12.3. The van der Waals surface area contributed by atoms with Crippen molar-refractivity contribution >= 4 is 17.4 Å². The average molecular weight is 275 g/mol. The van der Waals surface area contributed by atoms with Gasteiger partial charge in [0.05, 0.1) is 0 Å². The highest BCUT2D eigenvalue weighted by Gasteiger charge is 2.19. The van der Waals surface area contributed by atoms with Crippen molar-refractivity contribution in [1.29, 1.82) is 0 Å². The fraction of sp³-hybridized carbons (Fsp3) is 0.188. The van der Waals surface area contributed by atoms with Crippen LogP contribution >= 0.6 is 11.6 Å². The number of rotatable bonds is 5. The summed E-state index contributed by atoms with van der Waals surface area (Å²) in [5.41, 5.74) is 1.82. The molecule has 0 aliphatic rings. The van der Waals surface area contributed by atoms with Crippen LogP contribution in [0.25, 0.3) is 0 Å². The third-order valence-electron chi connectivity index (χ3n) is 2.92. The van der Waals surface area contributed by atoms with Crippen molar-refractivity contribution in [2.24, 2.45) is 0 Å². The molecule has 2 rings (SSSR count). The molecule has 0 saturated carbocycles. The lowest BCUT2D eigenvalue weighted by molar-refractivity contribution is -0.128. The summed E-state index contributed by atoms with van der Waals surface area (Å²) in [5.74, 6) is 0.0380. The van der Waals surface area contributed by atoms with Gasteiger partial charge in [0.25, 0.3) is 0 Å². The molecule has 19 heavy (non-hydrogen) atoms. The monoisotopic (exact) mass is 274 g/mol. The Kier molecular flexibility index (Phi) is 4.72. The Bertz CT molecular complexity index is 534. The first-order chi connectivity index (χ1) is 9.20. The summed E-state index contributed by atoms with van der Waals surface area (Å²) in [7, 11) is 1.55. The number of hydrogen-bond acceptors (Lipinski definition) is 2. The van der Waals surface area contributed by atoms with E-state index >= 15 is 0 Å². The van der Waals surface area contributed by atoms with Crippen molar-refractivity contribution in [3.05, 3.63) is 70.7 Å². The van der Waals surface area contributed by atoms with E-state index in [1.807, 2.05) is 42.5 Å². The summed E-state index contributed by atoms with van der Waals surface area (Å²) in [6.45, 7) is 0. The average Bonchev–Trinajstić information content (AvgIpc) is 2.43. The van der Waals surface area contributed by atoms with Gasteiger partial charge >= 0.3 is 0 Å². The second-order valence-corrected chi connectivity index (χ2v) is 4.73. The van der Waals surface area contributed by atoms with Crippen molar-refractivity contribution < 1.29 is 9.53 Å². The second kappa shape index (κ2) is 6.50. The number of benzene rings is 2. The molecule has 0 aliphatic heterocycles. The zero-order chi connectivity index (χ0) is 13.7. The number of hydrogen-bond donors (Lipinski definition) is 0. The van der Waals surface area contributed by atoms with Gasteiger partial charge in [-0.3, -0.25) is 4.79 Å². The van der Waals surface area contributed by atoms with Gasteiger partial charge in [-0.05, 0) is 23.3 Å². The minimum atomic E-state index is -0.517. The largest absolute Gasteiger partial charge is 0.369 e. The predicted octanol–water partition coefficient (Wildman–Crippen LogP) is 3.84. The normalized spacial score (nSPS) is 12.1. The number of carbonyl (C=O) groups is 1. The smallest absolute Gasteiger partial charge is 0.170 e. The van der Waals surface area contributed by atoms with Crippen LogP contribution in [-0.4, -0.2) is 12.9 Å². The van der Waals surface area contributed by atoms with Gasteiger partial charge in [0.15, 0.2) is 5.78 Å². The summed E-state index contributed by atoms with van der Waals surface area (Å²) in [6.07, 6.45) is -0.179. The van der Waals surface area contributed by atoms with E-state index in [1.165, 1.54) is 0 Å². The van der Waals surface area contributed by atoms with Gasteiger partial charge in [0.1, 0.15) is 6.10 Å². The van der Waals surface area contributed by atoms with Crippen LogP contribution in [0, 0.1) is 0 Å². The van der Waals surface area contributed by atoms with Gasteiger partial charge in [-0.25, -0.2) is 0 Å². The molecular weight excluding hydrogens is 260 g/mol. The van der Waals surface area contributed by atoms with Crippen molar-refractivity contribution in [1.82, 2.24) is 0 Å². The SMILES string of the molecule is COC(C(=O)Cc1ccc(Cl)cc1)c1ccccc1. The van der Waals surface area contributed by atoms with Gasteiger partial charge < -0.3 is 4.74 Å². The first kappa shape index (κ1) is 13.8. The van der Waals surface area contributed by atoms with Crippen molar-refractivity contribution in [2.45, 2.75) is 12.5 Å². The van der Waals surface area contributed by atoms with Gasteiger partial charge in [0, 0.05) is 18.6 Å². The van der Waals surface area contributed by atoms with E-state index in [1.54, 1.807) is 19.2 Å². The molecule has 0 amide bonds. The Morgan fingerprint density at radius 2 is 1.74 bits per heavy atom. The number of methoxy groups -OCH3 is 1. The van der Waals surface area contributed by atoms with Gasteiger partial charge in [-0.2, -0.15) is 0 Å². The molecule has 0 aliphatic carbocycles. The number of Topliss-reactive ketones (excluding diaryl/α,β-unsaturated/α-hetero) is 1. The van der Waals surface area contributed by atoms with Crippen molar-refractivity contribution in [2.75, 3.05) is 7.11 Å². The van der Waals surface area contributed by atoms with Gasteiger partial charge in [0.2, 0.25) is 0 Å². The number of carbonyl (C=O) groups excluding carboxylic acids is 1. The minimum absolute atomic E-state index is 0.0380. The first-order valence-electron chi connectivity index (χ1n) is 6.05. The molecular formula is C16H15ClO2. The maximum Gasteiger partial charge on any atom is 0.170 e. The van der Waals surface area contributed by atoms with Crippen LogP contribution in [0.4, 0.5) is 0 Å². The lowest BCUT2D eigenvalue weighted by Gasteiger charge is -2.14. The molecule has 0 fully saturated rings. The van der Waals surface area contributed by atoms with Crippen LogP contribution in [0.5, 0.6) is 0 Å². The van der Waals surface area contributed by atoms with E-state index in [0.29, 0.717) is 11.4 Å². The summed E-state index contributed by atoms with van der Waals surface area (Å²) in [5, 5.41) is 0.669. The molecule has 3 heteroatoms. The van der Waals surface area contributed by atoms with Crippen LogP contribution in [0.15, 0.2) is 54.6 Å². The summed E-state index contributed by atoms with van der Waals surface area (Å²) in [6, 6.07) is 16.8. The van der Waals surface area contributed by atoms with E-state index in [-0.39, 0.29) is 5.78 Å². The highest BCUT2D eigenvalue weighted by Crippen LogP contribution is 2.20. The molecule has 0 heterocycles. The number of halogens is 1. The van der Waals surface area contributed by atoms with E-state index in [0.717, 1.165) is 11.1 Å². The zero-order valence-corrected chi connectivity index (χ0v) is 11.4. The summed E-state index contributed by atoms with van der Waals surface area (Å²) >= 11 is 5.82. The Labute approximate surface area is 118 Å². The molecule has 0 N–H and O–H groups in total. The van der Waals surface area contributed by atoms with Crippen LogP contribution in [-0.2, 0) is 16.0 Å². The van der Waals surface area contributed by atoms with E-state index in [4.69, 9.17) is 16.3 Å². The Morgan fingerprint density at radius 3 is 2.32 bits per heavy atom. The van der Waals surface area contributed by atoms with Crippen molar-refractivity contribution in [3.8, 4) is 0 Å². The maximum atomic E-state index is 12.3. The molecule has 0 radical (unpaired) electrons. The van der Waals surface area contributed by atoms with Crippen LogP contribution in [0.2, 0.25) is 5.02 Å². The zero-order valence-electron chi connectivity index (χ0n) is 10.7. The van der Waals surface area contributed by atoms with Gasteiger partial charge in [-0.1, -0.05) is 54.1 Å². The third kappa shape index (κ3) is 3.66. The fourth-order valence-electron chi connectivity index (χ4n) is 1.98. The minimum Gasteiger partial charge on any atom is -0.369 e. The molecule has 0 spiro atoms. The Morgan fingerprint density at radius 1 is 1.11 bits per heavy atom. The van der Waals surface area contributed by atoms with E-state index in [9.17, 15) is 4.79 Å². The van der Waals surface area contributed by atoms with Gasteiger partial charge in [-0.15, -0.1) is 0 Å². The molecule has 0 saturated heterocycles. The Hall–Kier alpha value is -1.64. The molecule has 0 bridgehead atoms. The highest BCUT2D eigenvalue weighted by atomic mass is 35.5.